The lowest BCUT2D eigenvalue weighted by Crippen LogP contribution is -2.51. The van der Waals surface area contributed by atoms with Crippen LogP contribution in [0.2, 0.25) is 0 Å². The highest BCUT2D eigenvalue weighted by molar-refractivity contribution is 8.18. The van der Waals surface area contributed by atoms with E-state index in [2.05, 4.69) is 17.0 Å². The predicted molar refractivity (Wildman–Crippen MR) is 131 cm³/mol. The number of carbonyl (C=O) groups is 3. The summed E-state index contributed by atoms with van der Waals surface area (Å²) in [6.07, 6.45) is 3.69. The van der Waals surface area contributed by atoms with Gasteiger partial charge in [-0.2, -0.15) is 0 Å². The second kappa shape index (κ2) is 8.78. The molecule has 168 valence electrons. The van der Waals surface area contributed by atoms with Gasteiger partial charge in [0.2, 0.25) is 5.91 Å². The second-order valence-electron chi connectivity index (χ2n) is 8.18. The third kappa shape index (κ3) is 4.14. The van der Waals surface area contributed by atoms with Crippen LogP contribution in [0.3, 0.4) is 0 Å². The topological polar surface area (TPSA) is 65.9 Å². The fourth-order valence-electron chi connectivity index (χ4n) is 4.35. The summed E-state index contributed by atoms with van der Waals surface area (Å²) in [6.45, 7) is 2.35. The summed E-state index contributed by atoms with van der Waals surface area (Å²) < 4.78 is 1.99. The second-order valence-corrected chi connectivity index (χ2v) is 9.18. The van der Waals surface area contributed by atoms with Gasteiger partial charge in [-0.05, 0) is 36.0 Å². The van der Waals surface area contributed by atoms with Crippen molar-refractivity contribution < 1.29 is 14.4 Å². The molecule has 2 saturated heterocycles. The number of hydrogen-bond donors (Lipinski definition) is 0. The first-order chi connectivity index (χ1) is 16.0. The van der Waals surface area contributed by atoms with Crippen molar-refractivity contribution in [3.63, 3.8) is 0 Å². The Hall–Kier alpha value is -3.52. The molecule has 2 fully saturated rings. The van der Waals surface area contributed by atoms with Crippen molar-refractivity contribution in [2.45, 2.75) is 0 Å². The Morgan fingerprint density at radius 1 is 0.970 bits per heavy atom. The first kappa shape index (κ1) is 21.3. The van der Waals surface area contributed by atoms with Gasteiger partial charge in [-0.1, -0.05) is 36.4 Å². The highest BCUT2D eigenvalue weighted by Gasteiger charge is 2.37. The van der Waals surface area contributed by atoms with Crippen LogP contribution in [0, 0.1) is 0 Å². The van der Waals surface area contributed by atoms with Crippen LogP contribution < -0.4 is 4.90 Å². The number of fused-ring (bicyclic) bond motifs is 1. The molecule has 1 aromatic heterocycles. The maximum absolute atomic E-state index is 12.9. The zero-order chi connectivity index (χ0) is 22.9. The third-order valence-electron chi connectivity index (χ3n) is 6.14. The van der Waals surface area contributed by atoms with E-state index in [0.717, 1.165) is 51.9 Å². The maximum atomic E-state index is 12.9. The summed E-state index contributed by atoms with van der Waals surface area (Å²) in [7, 11) is 1.95. The highest BCUT2D eigenvalue weighted by atomic mass is 32.2. The summed E-state index contributed by atoms with van der Waals surface area (Å²) in [5.74, 6) is -0.606. The molecule has 0 N–H and O–H groups in total. The first-order valence-corrected chi connectivity index (χ1v) is 11.7. The van der Waals surface area contributed by atoms with Crippen LogP contribution in [0.15, 0.2) is 65.7 Å². The van der Waals surface area contributed by atoms with Crippen LogP contribution in [-0.2, 0) is 16.6 Å². The van der Waals surface area contributed by atoms with Gasteiger partial charge in [0.15, 0.2) is 0 Å². The molecular formula is C25H24N4O3S. The fourth-order valence-corrected chi connectivity index (χ4v) is 5.18. The lowest BCUT2D eigenvalue weighted by atomic mass is 10.1. The van der Waals surface area contributed by atoms with Crippen LogP contribution >= 0.6 is 11.8 Å². The molecule has 0 radical (unpaired) electrons. The molecule has 2 aromatic carbocycles. The Morgan fingerprint density at radius 3 is 2.42 bits per heavy atom. The molecule has 2 aliphatic rings. The van der Waals surface area contributed by atoms with E-state index in [1.807, 2.05) is 60.3 Å². The summed E-state index contributed by atoms with van der Waals surface area (Å²) in [5.41, 5.74) is 3.06. The van der Waals surface area contributed by atoms with Gasteiger partial charge in [-0.3, -0.25) is 19.3 Å². The molecule has 0 bridgehead atoms. The van der Waals surface area contributed by atoms with Gasteiger partial charge in [-0.15, -0.1) is 0 Å². The number of rotatable bonds is 4. The zero-order valence-electron chi connectivity index (χ0n) is 18.3. The largest absolute Gasteiger partial charge is 0.368 e. The molecule has 8 heteroatoms. The number of hydrogen-bond acceptors (Lipinski definition) is 5. The number of anilines is 1. The van der Waals surface area contributed by atoms with Gasteiger partial charge in [0.05, 0.1) is 4.91 Å². The van der Waals surface area contributed by atoms with E-state index in [1.54, 1.807) is 11.0 Å². The Bertz CT molecular complexity index is 1260. The number of thioether (sulfide) groups is 1. The van der Waals surface area contributed by atoms with Crippen molar-refractivity contribution in [3.8, 4) is 0 Å². The molecule has 0 saturated carbocycles. The molecule has 33 heavy (non-hydrogen) atoms. The van der Waals surface area contributed by atoms with Crippen molar-refractivity contribution in [2.24, 2.45) is 7.05 Å². The van der Waals surface area contributed by atoms with Gasteiger partial charge in [0.25, 0.3) is 11.1 Å². The van der Waals surface area contributed by atoms with Gasteiger partial charge >= 0.3 is 0 Å². The normalized spacial score (nSPS) is 18.1. The Balaban J connectivity index is 1.25. The van der Waals surface area contributed by atoms with Crippen LogP contribution in [0.25, 0.3) is 17.0 Å². The van der Waals surface area contributed by atoms with Gasteiger partial charge in [0.1, 0.15) is 6.54 Å². The minimum atomic E-state index is -0.408. The maximum Gasteiger partial charge on any atom is 0.294 e. The molecular weight excluding hydrogens is 436 g/mol. The smallest absolute Gasteiger partial charge is 0.294 e. The Labute approximate surface area is 196 Å². The predicted octanol–water partition coefficient (Wildman–Crippen LogP) is 3.56. The highest BCUT2D eigenvalue weighted by Crippen LogP contribution is 2.34. The molecule has 0 unspecified atom stereocenters. The molecule has 0 atom stereocenters. The quantitative estimate of drug-likeness (QED) is 0.557. The first-order valence-electron chi connectivity index (χ1n) is 10.9. The number of para-hydroxylation sites is 2. The summed E-state index contributed by atoms with van der Waals surface area (Å²) in [4.78, 5) is 43.7. The average molecular weight is 461 g/mol. The number of aromatic nitrogens is 1. The molecule has 2 aliphatic heterocycles. The molecule has 5 rings (SSSR count). The van der Waals surface area contributed by atoms with Gasteiger partial charge in [-0.25, -0.2) is 0 Å². The van der Waals surface area contributed by atoms with Crippen molar-refractivity contribution in [2.75, 3.05) is 37.6 Å². The van der Waals surface area contributed by atoms with Crippen molar-refractivity contribution in [3.05, 3.63) is 71.3 Å². The van der Waals surface area contributed by atoms with Gasteiger partial charge < -0.3 is 14.4 Å². The summed E-state index contributed by atoms with van der Waals surface area (Å²) >= 11 is 0.891. The molecule has 7 nitrogen and oxygen atoms in total. The number of aryl methyl sites for hydroxylation is 1. The van der Waals surface area contributed by atoms with Crippen molar-refractivity contribution in [1.29, 1.82) is 0 Å². The van der Waals surface area contributed by atoms with E-state index in [1.165, 1.54) is 0 Å². The lowest BCUT2D eigenvalue weighted by molar-refractivity contribution is -0.136. The standard InChI is InChI=1S/C25H24N4O3S/c1-26-16-18(20-9-5-6-10-21(20)26)15-22-24(31)29(25(32)33-22)17-23(30)28-13-11-27(12-14-28)19-7-3-2-4-8-19/h2-10,15-16H,11-14,17H2,1H3/b22-15+. The minimum absolute atomic E-state index is 0.198. The average Bonchev–Trinajstić information content (AvgIpc) is 3.30. The lowest BCUT2D eigenvalue weighted by Gasteiger charge is -2.36. The van der Waals surface area contributed by atoms with E-state index < -0.39 is 11.1 Å². The van der Waals surface area contributed by atoms with E-state index in [4.69, 9.17) is 0 Å². The van der Waals surface area contributed by atoms with Crippen LogP contribution in [0.5, 0.6) is 0 Å². The molecule has 0 aliphatic carbocycles. The van der Waals surface area contributed by atoms with Crippen molar-refractivity contribution >= 4 is 51.5 Å². The zero-order valence-corrected chi connectivity index (χ0v) is 19.1. The minimum Gasteiger partial charge on any atom is -0.368 e. The molecule has 3 heterocycles. The third-order valence-corrected chi connectivity index (χ3v) is 7.04. The number of nitrogens with zero attached hydrogens (tertiary/aromatic N) is 4. The number of carbonyl (C=O) groups excluding carboxylic acids is 3. The van der Waals surface area contributed by atoms with E-state index in [-0.39, 0.29) is 12.5 Å². The van der Waals surface area contributed by atoms with E-state index >= 15 is 0 Å². The molecule has 3 aromatic rings. The Morgan fingerprint density at radius 2 is 1.67 bits per heavy atom. The number of piperazine rings is 1. The Kier molecular flexibility index (Phi) is 5.68. The number of benzene rings is 2. The van der Waals surface area contributed by atoms with Crippen molar-refractivity contribution in [1.82, 2.24) is 14.4 Å². The van der Waals surface area contributed by atoms with Gasteiger partial charge in [0, 0.05) is 61.6 Å². The summed E-state index contributed by atoms with van der Waals surface area (Å²) in [6, 6.07) is 18.0. The van der Waals surface area contributed by atoms with Crippen LogP contribution in [-0.4, -0.2) is 64.1 Å². The SMILES string of the molecule is Cn1cc(/C=C2/SC(=O)N(CC(=O)N3CCN(c4ccccc4)CC3)C2=O)c2ccccc21. The van der Waals surface area contributed by atoms with E-state index in [0.29, 0.717) is 18.0 Å². The fraction of sp³-hybridized carbons (Fsp3) is 0.240. The van der Waals surface area contributed by atoms with Crippen LogP contribution in [0.4, 0.5) is 10.5 Å². The number of amides is 3. The monoisotopic (exact) mass is 460 g/mol. The number of imide groups is 1. The molecule has 3 amide bonds. The molecule has 0 spiro atoms. The van der Waals surface area contributed by atoms with Crippen LogP contribution in [0.1, 0.15) is 5.56 Å². The summed E-state index contributed by atoms with van der Waals surface area (Å²) in [5, 5.41) is 0.613. The van der Waals surface area contributed by atoms with E-state index in [9.17, 15) is 14.4 Å².